The van der Waals surface area contributed by atoms with Crippen LogP contribution in [0.4, 0.5) is 11.4 Å². The molecular weight excluding hydrogens is 546 g/mol. The molecule has 1 heterocycles. The topological polar surface area (TPSA) is 86.8 Å². The van der Waals surface area contributed by atoms with Crippen LogP contribution in [0.3, 0.4) is 0 Å². The van der Waals surface area contributed by atoms with Gasteiger partial charge in [-0.05, 0) is 66.6 Å². The number of carbonyl (C=O) groups is 2. The van der Waals surface area contributed by atoms with E-state index in [9.17, 15) is 18.0 Å². The molecule has 1 aliphatic heterocycles. The smallest absolute Gasteiger partial charge is 0.259 e. The number of amides is 2. The Labute approximate surface area is 238 Å². The van der Waals surface area contributed by atoms with E-state index in [4.69, 9.17) is 11.6 Å². The van der Waals surface area contributed by atoms with Gasteiger partial charge in [-0.3, -0.25) is 9.59 Å². The standard InChI is InChI=1S/C31H28ClN3O4S/c1-34(25-11-3-2-4-12-25)18-8-17-33-30(36)23-15-16-29-27(20-23)35(21-22-9-7-10-24(32)19-22)31(37)26-13-5-6-14-28(26)40(29,38)39/h2-7,9-16,19-20H,8,17-18,21H2,1H3,(H,33,36). The summed E-state index contributed by atoms with van der Waals surface area (Å²) in [5.41, 5.74) is 2.30. The van der Waals surface area contributed by atoms with Crippen molar-refractivity contribution in [3.63, 3.8) is 0 Å². The highest BCUT2D eigenvalue weighted by Gasteiger charge is 2.36. The van der Waals surface area contributed by atoms with E-state index in [2.05, 4.69) is 10.2 Å². The molecular formula is C31H28ClN3O4S. The van der Waals surface area contributed by atoms with Crippen molar-refractivity contribution in [2.75, 3.05) is 29.9 Å². The molecule has 0 spiro atoms. The Morgan fingerprint density at radius 3 is 2.42 bits per heavy atom. The lowest BCUT2D eigenvalue weighted by molar-refractivity contribution is 0.0949. The van der Waals surface area contributed by atoms with Crippen LogP contribution in [0.25, 0.3) is 0 Å². The van der Waals surface area contributed by atoms with Gasteiger partial charge in [-0.1, -0.05) is 54.1 Å². The summed E-state index contributed by atoms with van der Waals surface area (Å²) in [5, 5.41) is 3.41. The molecule has 1 aliphatic rings. The number of hydrogen-bond acceptors (Lipinski definition) is 5. The number of anilines is 2. The highest BCUT2D eigenvalue weighted by Crippen LogP contribution is 2.38. The van der Waals surface area contributed by atoms with Crippen molar-refractivity contribution in [2.24, 2.45) is 0 Å². The minimum atomic E-state index is -4.03. The van der Waals surface area contributed by atoms with Crippen LogP contribution in [0.1, 0.15) is 32.7 Å². The largest absolute Gasteiger partial charge is 0.375 e. The van der Waals surface area contributed by atoms with E-state index in [-0.39, 0.29) is 39.1 Å². The molecule has 0 atom stereocenters. The van der Waals surface area contributed by atoms with Crippen molar-refractivity contribution < 1.29 is 18.0 Å². The maximum Gasteiger partial charge on any atom is 0.259 e. The molecule has 0 saturated carbocycles. The van der Waals surface area contributed by atoms with Gasteiger partial charge in [0.25, 0.3) is 11.8 Å². The molecule has 4 aromatic rings. The second kappa shape index (κ2) is 11.5. The molecule has 1 N–H and O–H groups in total. The molecule has 2 amide bonds. The lowest BCUT2D eigenvalue weighted by atomic mass is 10.1. The number of sulfone groups is 1. The van der Waals surface area contributed by atoms with Crippen molar-refractivity contribution >= 4 is 44.6 Å². The first-order chi connectivity index (χ1) is 19.3. The summed E-state index contributed by atoms with van der Waals surface area (Å²) in [5.74, 6) is -0.820. The molecule has 0 aromatic heterocycles. The summed E-state index contributed by atoms with van der Waals surface area (Å²) in [4.78, 5) is 30.3. The number of para-hydroxylation sites is 1. The predicted octanol–water partition coefficient (Wildman–Crippen LogP) is 5.59. The van der Waals surface area contributed by atoms with Crippen LogP contribution in [0.15, 0.2) is 107 Å². The highest BCUT2D eigenvalue weighted by atomic mass is 35.5. The first-order valence-electron chi connectivity index (χ1n) is 12.8. The Kier molecular flexibility index (Phi) is 7.91. The molecule has 7 nitrogen and oxygen atoms in total. The number of nitrogens with zero attached hydrogens (tertiary/aromatic N) is 2. The van der Waals surface area contributed by atoms with Crippen LogP contribution >= 0.6 is 11.6 Å². The number of nitrogens with one attached hydrogen (secondary N) is 1. The molecule has 4 aromatic carbocycles. The molecule has 0 aliphatic carbocycles. The van der Waals surface area contributed by atoms with Crippen molar-refractivity contribution in [2.45, 2.75) is 22.8 Å². The average molecular weight is 574 g/mol. The van der Waals surface area contributed by atoms with Crippen LogP contribution in [0.5, 0.6) is 0 Å². The Morgan fingerprint density at radius 1 is 0.900 bits per heavy atom. The Bertz CT molecular complexity index is 1680. The predicted molar refractivity (Wildman–Crippen MR) is 157 cm³/mol. The zero-order valence-electron chi connectivity index (χ0n) is 21.9. The molecule has 5 rings (SSSR count). The maximum atomic E-state index is 13.8. The summed E-state index contributed by atoms with van der Waals surface area (Å²) >= 11 is 6.18. The number of hydrogen-bond donors (Lipinski definition) is 1. The zero-order chi connectivity index (χ0) is 28.3. The third kappa shape index (κ3) is 5.59. The minimum absolute atomic E-state index is 0.0335. The van der Waals surface area contributed by atoms with E-state index >= 15 is 0 Å². The Balaban J connectivity index is 1.42. The quantitative estimate of drug-likeness (QED) is 0.278. The van der Waals surface area contributed by atoms with Gasteiger partial charge >= 0.3 is 0 Å². The number of rotatable bonds is 8. The van der Waals surface area contributed by atoms with E-state index in [0.29, 0.717) is 18.0 Å². The van der Waals surface area contributed by atoms with Gasteiger partial charge in [0.05, 0.1) is 27.6 Å². The monoisotopic (exact) mass is 573 g/mol. The number of carbonyl (C=O) groups excluding carboxylic acids is 2. The summed E-state index contributed by atoms with van der Waals surface area (Å²) in [6, 6.07) is 27.5. The molecule has 40 heavy (non-hydrogen) atoms. The summed E-state index contributed by atoms with van der Waals surface area (Å²) < 4.78 is 27.4. The van der Waals surface area contributed by atoms with Crippen LogP contribution < -0.4 is 15.1 Å². The first kappa shape index (κ1) is 27.4. The SMILES string of the molecule is CN(CCCNC(=O)c1ccc2c(c1)N(Cc1cccc(Cl)c1)C(=O)c1ccccc1S2(=O)=O)c1ccccc1. The second-order valence-electron chi connectivity index (χ2n) is 9.57. The van der Waals surface area contributed by atoms with Gasteiger partial charge < -0.3 is 15.1 Å². The highest BCUT2D eigenvalue weighted by molar-refractivity contribution is 7.91. The van der Waals surface area contributed by atoms with E-state index < -0.39 is 15.7 Å². The van der Waals surface area contributed by atoms with Gasteiger partial charge in [-0.2, -0.15) is 0 Å². The Morgan fingerprint density at radius 2 is 1.65 bits per heavy atom. The molecule has 204 valence electrons. The molecule has 0 unspecified atom stereocenters. The lowest BCUT2D eigenvalue weighted by Crippen LogP contribution is -2.31. The summed E-state index contributed by atoms with van der Waals surface area (Å²) in [7, 11) is -2.04. The normalized spacial score (nSPS) is 13.7. The number of halogens is 1. The van der Waals surface area contributed by atoms with Crippen molar-refractivity contribution in [3.05, 3.63) is 119 Å². The van der Waals surface area contributed by atoms with Gasteiger partial charge in [-0.15, -0.1) is 0 Å². The summed E-state index contributed by atoms with van der Waals surface area (Å²) in [6.45, 7) is 1.25. The fourth-order valence-corrected chi connectivity index (χ4v) is 6.60. The van der Waals surface area contributed by atoms with Gasteiger partial charge in [0.2, 0.25) is 9.84 Å². The molecule has 0 fully saturated rings. The number of fused-ring (bicyclic) bond motifs is 2. The van der Waals surface area contributed by atoms with Gasteiger partial charge in [0.1, 0.15) is 0 Å². The number of benzene rings is 4. The Hall–Kier alpha value is -4.14. The van der Waals surface area contributed by atoms with Crippen LogP contribution in [0, 0.1) is 0 Å². The van der Waals surface area contributed by atoms with Gasteiger partial charge in [0, 0.05) is 36.4 Å². The fourth-order valence-electron chi connectivity index (χ4n) is 4.75. The lowest BCUT2D eigenvalue weighted by Gasteiger charge is -2.24. The third-order valence-electron chi connectivity index (χ3n) is 6.84. The molecule has 9 heteroatoms. The molecule has 0 radical (unpaired) electrons. The van der Waals surface area contributed by atoms with Crippen molar-refractivity contribution in [1.82, 2.24) is 5.32 Å². The summed E-state index contributed by atoms with van der Waals surface area (Å²) in [6.07, 6.45) is 0.713. The molecule has 0 bridgehead atoms. The minimum Gasteiger partial charge on any atom is -0.375 e. The molecule has 0 saturated heterocycles. The second-order valence-corrected chi connectivity index (χ2v) is 11.9. The van der Waals surface area contributed by atoms with Crippen LogP contribution in [-0.4, -0.2) is 40.4 Å². The maximum absolute atomic E-state index is 13.8. The van der Waals surface area contributed by atoms with Crippen molar-refractivity contribution in [3.8, 4) is 0 Å². The van der Waals surface area contributed by atoms with Crippen LogP contribution in [-0.2, 0) is 16.4 Å². The third-order valence-corrected chi connectivity index (χ3v) is 8.93. The van der Waals surface area contributed by atoms with E-state index in [1.807, 2.05) is 43.4 Å². The average Bonchev–Trinajstić information content (AvgIpc) is 3.03. The van der Waals surface area contributed by atoms with Crippen LogP contribution in [0.2, 0.25) is 5.02 Å². The van der Waals surface area contributed by atoms with Gasteiger partial charge in [0.15, 0.2) is 0 Å². The van der Waals surface area contributed by atoms with E-state index in [1.54, 1.807) is 30.3 Å². The zero-order valence-corrected chi connectivity index (χ0v) is 23.5. The van der Waals surface area contributed by atoms with Crippen molar-refractivity contribution in [1.29, 1.82) is 0 Å². The van der Waals surface area contributed by atoms with E-state index in [0.717, 1.165) is 17.8 Å². The fraction of sp³-hybridized carbons (Fsp3) is 0.161. The van der Waals surface area contributed by atoms with Gasteiger partial charge in [-0.25, -0.2) is 8.42 Å². The first-order valence-corrected chi connectivity index (χ1v) is 14.7. The van der Waals surface area contributed by atoms with E-state index in [1.165, 1.54) is 35.2 Å².